The van der Waals surface area contributed by atoms with Crippen LogP contribution in [0.15, 0.2) is 23.8 Å². The lowest BCUT2D eigenvalue weighted by molar-refractivity contribution is -0.0581. The number of aliphatic hydroxyl groups excluding tert-OH is 1. The predicted octanol–water partition coefficient (Wildman–Crippen LogP) is 5.11. The first kappa shape index (κ1) is 15.0. The Morgan fingerprint density at radius 2 is 1.95 bits per heavy atom. The lowest BCUT2D eigenvalue weighted by atomic mass is 9.48. The minimum Gasteiger partial charge on any atom is -0.393 e. The summed E-state index contributed by atoms with van der Waals surface area (Å²) >= 11 is 0. The Balaban J connectivity index is 1.68. The number of aliphatic hydroxyl groups is 1. The number of rotatable bonds is 1. The van der Waals surface area contributed by atoms with Crippen LogP contribution >= 0.6 is 0 Å². The van der Waals surface area contributed by atoms with Crippen LogP contribution in [0.3, 0.4) is 0 Å². The van der Waals surface area contributed by atoms with Crippen molar-refractivity contribution in [3.05, 3.63) is 23.8 Å². The largest absolute Gasteiger partial charge is 0.393 e. The van der Waals surface area contributed by atoms with Gasteiger partial charge in [0, 0.05) is 0 Å². The summed E-state index contributed by atoms with van der Waals surface area (Å²) in [5.74, 6) is 3.11. The highest BCUT2D eigenvalue weighted by atomic mass is 16.3. The Bertz CT molecular complexity index is 516. The quantitative estimate of drug-likeness (QED) is 0.713. The second-order valence-electron chi connectivity index (χ2n) is 9.10. The molecule has 0 heterocycles. The van der Waals surface area contributed by atoms with Crippen molar-refractivity contribution in [1.82, 2.24) is 0 Å². The van der Waals surface area contributed by atoms with Crippen molar-refractivity contribution in [3.8, 4) is 0 Å². The van der Waals surface area contributed by atoms with E-state index in [2.05, 4.69) is 32.1 Å². The van der Waals surface area contributed by atoms with Crippen LogP contribution in [0, 0.1) is 34.5 Å². The molecule has 122 valence electrons. The summed E-state index contributed by atoms with van der Waals surface area (Å²) in [5, 5.41) is 10.3. The van der Waals surface area contributed by atoms with Gasteiger partial charge in [-0.15, -0.1) is 0 Å². The monoisotopic (exact) mass is 300 g/mol. The highest BCUT2D eigenvalue weighted by Gasteiger charge is 2.58. The molecule has 4 rings (SSSR count). The Kier molecular flexibility index (Phi) is 3.39. The van der Waals surface area contributed by atoms with Crippen molar-refractivity contribution >= 4 is 0 Å². The molecule has 1 nitrogen and oxygen atoms in total. The Morgan fingerprint density at radius 3 is 2.73 bits per heavy atom. The molecule has 1 N–H and O–H groups in total. The molecule has 0 saturated heterocycles. The molecule has 1 heteroatoms. The summed E-state index contributed by atoms with van der Waals surface area (Å²) in [5.41, 5.74) is 2.46. The van der Waals surface area contributed by atoms with E-state index in [-0.39, 0.29) is 6.10 Å². The zero-order valence-electron chi connectivity index (χ0n) is 14.5. The van der Waals surface area contributed by atoms with Crippen LogP contribution in [-0.2, 0) is 0 Å². The van der Waals surface area contributed by atoms with Crippen molar-refractivity contribution in [3.63, 3.8) is 0 Å². The average Bonchev–Trinajstić information content (AvgIpc) is 2.84. The molecule has 0 spiro atoms. The molecule has 2 saturated carbocycles. The summed E-state index contributed by atoms with van der Waals surface area (Å²) < 4.78 is 0. The summed E-state index contributed by atoms with van der Waals surface area (Å²) in [4.78, 5) is 0. The van der Waals surface area contributed by atoms with Gasteiger partial charge in [0.2, 0.25) is 0 Å². The molecule has 7 unspecified atom stereocenters. The van der Waals surface area contributed by atoms with E-state index in [1.54, 1.807) is 5.57 Å². The van der Waals surface area contributed by atoms with E-state index in [0.717, 1.165) is 17.8 Å². The third-order valence-electron chi connectivity index (χ3n) is 8.31. The summed E-state index contributed by atoms with van der Waals surface area (Å²) in [6.07, 6.45) is 16.4. The van der Waals surface area contributed by atoms with E-state index in [1.165, 1.54) is 44.9 Å². The summed E-state index contributed by atoms with van der Waals surface area (Å²) in [7, 11) is 0. The second-order valence-corrected chi connectivity index (χ2v) is 9.10. The van der Waals surface area contributed by atoms with Gasteiger partial charge in [-0.2, -0.15) is 0 Å². The van der Waals surface area contributed by atoms with E-state index in [9.17, 15) is 5.11 Å². The van der Waals surface area contributed by atoms with Gasteiger partial charge in [-0.05, 0) is 91.9 Å². The summed E-state index contributed by atoms with van der Waals surface area (Å²) in [6, 6.07) is 0. The highest BCUT2D eigenvalue weighted by molar-refractivity contribution is 5.34. The van der Waals surface area contributed by atoms with Crippen LogP contribution in [0.4, 0.5) is 0 Å². The lowest BCUT2D eigenvalue weighted by Gasteiger charge is -2.57. The van der Waals surface area contributed by atoms with Crippen LogP contribution < -0.4 is 0 Å². The van der Waals surface area contributed by atoms with Crippen LogP contribution in [0.5, 0.6) is 0 Å². The maximum Gasteiger partial charge on any atom is 0.0545 e. The zero-order valence-corrected chi connectivity index (χ0v) is 14.5. The highest BCUT2D eigenvalue weighted by Crippen LogP contribution is 2.66. The summed E-state index contributed by atoms with van der Waals surface area (Å²) in [6.45, 7) is 7.07. The van der Waals surface area contributed by atoms with Crippen molar-refractivity contribution in [2.24, 2.45) is 34.5 Å². The van der Waals surface area contributed by atoms with Crippen LogP contribution in [0.1, 0.15) is 65.7 Å². The second kappa shape index (κ2) is 4.97. The number of hydrogen-bond acceptors (Lipinski definition) is 1. The molecule has 0 bridgehead atoms. The first-order valence-electron chi connectivity index (χ1n) is 9.52. The Hall–Kier alpha value is -0.560. The van der Waals surface area contributed by atoms with Crippen molar-refractivity contribution < 1.29 is 5.11 Å². The van der Waals surface area contributed by atoms with E-state index in [4.69, 9.17) is 0 Å². The van der Waals surface area contributed by atoms with Crippen LogP contribution in [0.25, 0.3) is 0 Å². The number of hydrogen-bond donors (Lipinski definition) is 1. The lowest BCUT2D eigenvalue weighted by Crippen LogP contribution is -2.50. The molecular weight excluding hydrogens is 268 g/mol. The maximum absolute atomic E-state index is 10.3. The molecule has 4 aliphatic rings. The van der Waals surface area contributed by atoms with Gasteiger partial charge >= 0.3 is 0 Å². The topological polar surface area (TPSA) is 20.2 Å². The Labute approximate surface area is 135 Å². The fraction of sp³-hybridized carbons (Fsp3) is 0.810. The van der Waals surface area contributed by atoms with Gasteiger partial charge in [-0.3, -0.25) is 0 Å². The third kappa shape index (κ3) is 1.87. The maximum atomic E-state index is 10.3. The van der Waals surface area contributed by atoms with Gasteiger partial charge < -0.3 is 5.11 Å². The van der Waals surface area contributed by atoms with Crippen LogP contribution in [-0.4, -0.2) is 11.2 Å². The fourth-order valence-corrected chi connectivity index (χ4v) is 7.13. The first-order valence-corrected chi connectivity index (χ1v) is 9.52. The Morgan fingerprint density at radius 1 is 1.14 bits per heavy atom. The van der Waals surface area contributed by atoms with Gasteiger partial charge in [0.25, 0.3) is 0 Å². The predicted molar refractivity (Wildman–Crippen MR) is 91.4 cm³/mol. The molecule has 2 fully saturated rings. The van der Waals surface area contributed by atoms with Gasteiger partial charge in [-0.1, -0.05) is 32.1 Å². The minimum atomic E-state index is -0.130. The molecule has 7 atom stereocenters. The van der Waals surface area contributed by atoms with E-state index in [1.807, 2.05) is 6.92 Å². The smallest absolute Gasteiger partial charge is 0.0545 e. The van der Waals surface area contributed by atoms with Gasteiger partial charge in [0.1, 0.15) is 0 Å². The third-order valence-corrected chi connectivity index (χ3v) is 8.31. The molecule has 0 aliphatic heterocycles. The molecule has 0 amide bonds. The molecule has 0 aromatic heterocycles. The average molecular weight is 300 g/mol. The minimum absolute atomic E-state index is 0.130. The van der Waals surface area contributed by atoms with Crippen molar-refractivity contribution in [2.75, 3.05) is 0 Å². The van der Waals surface area contributed by atoms with Crippen molar-refractivity contribution in [2.45, 2.75) is 71.8 Å². The van der Waals surface area contributed by atoms with Gasteiger partial charge in [0.15, 0.2) is 0 Å². The fourth-order valence-electron chi connectivity index (χ4n) is 7.13. The molecule has 4 aliphatic carbocycles. The van der Waals surface area contributed by atoms with Crippen molar-refractivity contribution in [1.29, 1.82) is 0 Å². The van der Waals surface area contributed by atoms with E-state index >= 15 is 0 Å². The molecule has 0 aromatic rings. The number of fused-ring (bicyclic) bond motifs is 5. The molecule has 22 heavy (non-hydrogen) atoms. The van der Waals surface area contributed by atoms with E-state index < -0.39 is 0 Å². The SMILES string of the molecule is CC(O)C1CCC2C3CC=C4C=CCCC4(C)C3CCC12C. The zero-order chi connectivity index (χ0) is 15.5. The van der Waals surface area contributed by atoms with Gasteiger partial charge in [-0.25, -0.2) is 0 Å². The molecular formula is C21H32O. The first-order chi connectivity index (χ1) is 10.5. The molecule has 0 radical (unpaired) electrons. The van der Waals surface area contributed by atoms with Crippen LogP contribution in [0.2, 0.25) is 0 Å². The van der Waals surface area contributed by atoms with E-state index in [0.29, 0.717) is 16.7 Å². The molecule has 0 aromatic carbocycles. The number of allylic oxidation sites excluding steroid dienone is 4. The standard InChI is InChI=1S/C21H32O/c1-14(22)17-9-10-18-16-8-7-15-6-4-5-12-20(15,2)19(16)11-13-21(17,18)3/h4,6-7,14,16-19,22H,5,8-13H2,1-3H3. The van der Waals surface area contributed by atoms with Gasteiger partial charge in [0.05, 0.1) is 6.10 Å². The normalized spacial score (nSPS) is 51.5.